The lowest BCUT2D eigenvalue weighted by atomic mass is 10.2. The van der Waals surface area contributed by atoms with Crippen LogP contribution in [0.3, 0.4) is 0 Å². The minimum Gasteiger partial charge on any atom is -0.398 e. The summed E-state index contributed by atoms with van der Waals surface area (Å²) in [7, 11) is -3.76. The number of hydrogen-bond donors (Lipinski definition) is 2. The number of aryl methyl sites for hydroxylation is 1. The van der Waals surface area contributed by atoms with Crippen LogP contribution in [0.15, 0.2) is 39.7 Å². The van der Waals surface area contributed by atoms with Crippen LogP contribution in [0.2, 0.25) is 5.02 Å². The highest BCUT2D eigenvalue weighted by molar-refractivity contribution is 9.10. The maximum absolute atomic E-state index is 12.4. The van der Waals surface area contributed by atoms with E-state index in [1.807, 2.05) is 13.0 Å². The van der Waals surface area contributed by atoms with Gasteiger partial charge in [-0.15, -0.1) is 0 Å². The molecule has 0 saturated heterocycles. The number of anilines is 2. The first-order valence-electron chi connectivity index (χ1n) is 6.05. The molecule has 112 valence electrons. The Morgan fingerprint density at radius 3 is 2.48 bits per heavy atom. The zero-order valence-electron chi connectivity index (χ0n) is 11.4. The van der Waals surface area contributed by atoms with Crippen molar-refractivity contribution in [2.75, 3.05) is 10.5 Å². The summed E-state index contributed by atoms with van der Waals surface area (Å²) >= 11 is 9.32. The minimum absolute atomic E-state index is 0.0315. The second-order valence-electron chi connectivity index (χ2n) is 4.71. The molecule has 0 spiro atoms. The van der Waals surface area contributed by atoms with Gasteiger partial charge in [0.25, 0.3) is 10.0 Å². The fourth-order valence-electron chi connectivity index (χ4n) is 1.75. The number of benzene rings is 2. The molecule has 0 aliphatic carbocycles. The molecule has 21 heavy (non-hydrogen) atoms. The van der Waals surface area contributed by atoms with Gasteiger partial charge in [-0.2, -0.15) is 0 Å². The molecule has 0 aliphatic heterocycles. The monoisotopic (exact) mass is 388 g/mol. The third kappa shape index (κ3) is 3.51. The molecule has 2 rings (SSSR count). The summed E-state index contributed by atoms with van der Waals surface area (Å²) in [6.45, 7) is 3.61. The molecule has 0 bridgehead atoms. The molecule has 0 unspecified atom stereocenters. The lowest BCUT2D eigenvalue weighted by Gasteiger charge is -2.12. The Hall–Kier alpha value is -1.24. The Kier molecular flexibility index (Phi) is 4.51. The molecule has 0 aromatic heterocycles. The fourth-order valence-corrected chi connectivity index (χ4v) is 3.65. The molecule has 0 amide bonds. The van der Waals surface area contributed by atoms with E-state index in [1.54, 1.807) is 19.1 Å². The number of rotatable bonds is 3. The van der Waals surface area contributed by atoms with E-state index in [9.17, 15) is 8.42 Å². The molecule has 0 fully saturated rings. The van der Waals surface area contributed by atoms with E-state index < -0.39 is 10.0 Å². The highest BCUT2D eigenvalue weighted by Gasteiger charge is 2.18. The minimum atomic E-state index is -3.76. The predicted molar refractivity (Wildman–Crippen MR) is 90.3 cm³/mol. The first-order chi connectivity index (χ1) is 9.70. The Bertz CT molecular complexity index is 784. The van der Waals surface area contributed by atoms with Crippen molar-refractivity contribution in [2.24, 2.45) is 0 Å². The SMILES string of the molecule is Cc1ccc(Br)c(NS(=O)(=O)c2cc(N)c(C)c(Cl)c2)c1. The van der Waals surface area contributed by atoms with Gasteiger partial charge in [-0.05, 0) is 65.2 Å². The molecular weight excluding hydrogens is 376 g/mol. The van der Waals surface area contributed by atoms with E-state index >= 15 is 0 Å². The summed E-state index contributed by atoms with van der Waals surface area (Å²) in [5.41, 5.74) is 8.18. The highest BCUT2D eigenvalue weighted by Crippen LogP contribution is 2.29. The second kappa shape index (κ2) is 5.87. The Labute approximate surface area is 137 Å². The van der Waals surface area contributed by atoms with E-state index in [0.29, 0.717) is 26.4 Å². The van der Waals surface area contributed by atoms with Gasteiger partial charge >= 0.3 is 0 Å². The number of nitrogens with two attached hydrogens (primary N) is 1. The fraction of sp³-hybridized carbons (Fsp3) is 0.143. The van der Waals surface area contributed by atoms with Crippen LogP contribution in [0.5, 0.6) is 0 Å². The lowest BCUT2D eigenvalue weighted by molar-refractivity contribution is 0.601. The number of hydrogen-bond acceptors (Lipinski definition) is 3. The van der Waals surface area contributed by atoms with Gasteiger partial charge in [0.1, 0.15) is 0 Å². The number of nitrogen functional groups attached to an aromatic ring is 1. The molecule has 2 aromatic carbocycles. The summed E-state index contributed by atoms with van der Waals surface area (Å²) in [6.07, 6.45) is 0. The van der Waals surface area contributed by atoms with Crippen LogP contribution in [0, 0.1) is 13.8 Å². The van der Waals surface area contributed by atoms with Crippen molar-refractivity contribution >= 4 is 48.9 Å². The number of sulfonamides is 1. The van der Waals surface area contributed by atoms with Crippen LogP contribution >= 0.6 is 27.5 Å². The maximum atomic E-state index is 12.4. The standard InChI is InChI=1S/C14H14BrClN2O2S/c1-8-3-4-11(15)14(5-8)18-21(19,20)10-6-12(16)9(2)13(17)7-10/h3-7,18H,17H2,1-2H3. The molecule has 0 atom stereocenters. The Morgan fingerprint density at radius 2 is 1.86 bits per heavy atom. The highest BCUT2D eigenvalue weighted by atomic mass is 79.9. The van der Waals surface area contributed by atoms with Gasteiger partial charge in [-0.1, -0.05) is 17.7 Å². The van der Waals surface area contributed by atoms with E-state index in [1.165, 1.54) is 12.1 Å². The van der Waals surface area contributed by atoms with Gasteiger partial charge in [0.2, 0.25) is 0 Å². The van der Waals surface area contributed by atoms with Crippen LogP contribution in [0.1, 0.15) is 11.1 Å². The first-order valence-corrected chi connectivity index (χ1v) is 8.71. The summed E-state index contributed by atoms with van der Waals surface area (Å²) in [4.78, 5) is 0.0315. The largest absolute Gasteiger partial charge is 0.398 e. The summed E-state index contributed by atoms with van der Waals surface area (Å²) in [6, 6.07) is 8.18. The summed E-state index contributed by atoms with van der Waals surface area (Å²) in [5, 5.41) is 0.318. The molecule has 0 heterocycles. The first kappa shape index (κ1) is 16.1. The van der Waals surface area contributed by atoms with Gasteiger partial charge in [-0.3, -0.25) is 4.72 Å². The van der Waals surface area contributed by atoms with Crippen molar-refractivity contribution < 1.29 is 8.42 Å². The van der Waals surface area contributed by atoms with Gasteiger partial charge < -0.3 is 5.73 Å². The number of halogens is 2. The van der Waals surface area contributed by atoms with Crippen LogP contribution in [0.25, 0.3) is 0 Å². The zero-order chi connectivity index (χ0) is 15.8. The van der Waals surface area contributed by atoms with Crippen molar-refractivity contribution in [2.45, 2.75) is 18.7 Å². The smallest absolute Gasteiger partial charge is 0.262 e. The zero-order valence-corrected chi connectivity index (χ0v) is 14.6. The Morgan fingerprint density at radius 1 is 1.19 bits per heavy atom. The molecule has 2 aromatic rings. The normalized spacial score (nSPS) is 11.4. The van der Waals surface area contributed by atoms with Crippen LogP contribution in [-0.4, -0.2) is 8.42 Å². The average Bonchev–Trinajstić information content (AvgIpc) is 2.39. The van der Waals surface area contributed by atoms with Crippen molar-refractivity contribution in [3.8, 4) is 0 Å². The third-order valence-corrected chi connectivity index (χ3v) is 5.46. The molecule has 0 saturated carbocycles. The predicted octanol–water partition coefficient (Wildman–Crippen LogP) is 4.10. The van der Waals surface area contributed by atoms with E-state index in [4.69, 9.17) is 17.3 Å². The maximum Gasteiger partial charge on any atom is 0.262 e. The van der Waals surface area contributed by atoms with Gasteiger partial charge in [0.15, 0.2) is 0 Å². The van der Waals surface area contributed by atoms with Crippen LogP contribution in [-0.2, 0) is 10.0 Å². The molecule has 0 aliphatic rings. The van der Waals surface area contributed by atoms with E-state index in [-0.39, 0.29) is 4.90 Å². The van der Waals surface area contributed by atoms with Crippen LogP contribution in [0.4, 0.5) is 11.4 Å². The van der Waals surface area contributed by atoms with Gasteiger partial charge in [0, 0.05) is 15.2 Å². The van der Waals surface area contributed by atoms with Crippen molar-refractivity contribution in [1.29, 1.82) is 0 Å². The van der Waals surface area contributed by atoms with Crippen molar-refractivity contribution in [3.05, 3.63) is 51.0 Å². The molecule has 0 radical (unpaired) electrons. The molecule has 3 N–H and O–H groups in total. The van der Waals surface area contributed by atoms with Crippen molar-refractivity contribution in [1.82, 2.24) is 0 Å². The second-order valence-corrected chi connectivity index (χ2v) is 7.65. The molecule has 4 nitrogen and oxygen atoms in total. The molecule has 7 heteroatoms. The topological polar surface area (TPSA) is 72.2 Å². The quantitative estimate of drug-likeness (QED) is 0.776. The molecular formula is C14H14BrClN2O2S. The van der Waals surface area contributed by atoms with Crippen molar-refractivity contribution in [3.63, 3.8) is 0 Å². The summed E-state index contributed by atoms with van der Waals surface area (Å²) < 4.78 is 28.1. The van der Waals surface area contributed by atoms with E-state index in [2.05, 4.69) is 20.7 Å². The van der Waals surface area contributed by atoms with Gasteiger partial charge in [-0.25, -0.2) is 8.42 Å². The summed E-state index contributed by atoms with van der Waals surface area (Å²) in [5.74, 6) is 0. The lowest BCUT2D eigenvalue weighted by Crippen LogP contribution is -2.14. The van der Waals surface area contributed by atoms with E-state index in [0.717, 1.165) is 5.56 Å². The van der Waals surface area contributed by atoms with Gasteiger partial charge in [0.05, 0.1) is 10.6 Å². The average molecular weight is 390 g/mol. The Balaban J connectivity index is 2.46. The third-order valence-electron chi connectivity index (χ3n) is 3.03. The number of nitrogens with one attached hydrogen (secondary N) is 1. The van der Waals surface area contributed by atoms with Crippen LogP contribution < -0.4 is 10.5 Å².